The Morgan fingerprint density at radius 3 is 1.76 bits per heavy atom. The summed E-state index contributed by atoms with van der Waals surface area (Å²) in [5.41, 5.74) is 1.17. The van der Waals surface area contributed by atoms with E-state index in [1.54, 1.807) is 13.2 Å². The van der Waals surface area contributed by atoms with E-state index in [0.29, 0.717) is 17.0 Å². The normalized spacial score (nSPS) is 33.1. The highest BCUT2D eigenvalue weighted by atomic mass is 19.2. The summed E-state index contributed by atoms with van der Waals surface area (Å²) in [6.45, 7) is 2.22. The van der Waals surface area contributed by atoms with E-state index in [1.165, 1.54) is 6.42 Å². The first-order valence-corrected chi connectivity index (χ1v) is 13.4. The van der Waals surface area contributed by atoms with E-state index in [0.717, 1.165) is 83.0 Å². The number of hydrogen-bond donors (Lipinski definition) is 0. The van der Waals surface area contributed by atoms with Crippen molar-refractivity contribution in [3.05, 3.63) is 46.8 Å². The van der Waals surface area contributed by atoms with Gasteiger partial charge in [0.25, 0.3) is 0 Å². The SMILES string of the molecule is CCC1CCC(c2ccc(C3CCC(CCC4CCC(OC)C=C4F)CC3)c(F)c2F)CC1. The molecule has 33 heavy (non-hydrogen) atoms. The van der Waals surface area contributed by atoms with Crippen LogP contribution < -0.4 is 0 Å². The molecular weight excluding hydrogens is 421 g/mol. The van der Waals surface area contributed by atoms with Crippen LogP contribution in [0.25, 0.3) is 0 Å². The molecule has 0 amide bonds. The molecule has 0 aliphatic heterocycles. The fourth-order valence-electron chi connectivity index (χ4n) is 6.66. The van der Waals surface area contributed by atoms with Crippen molar-refractivity contribution in [2.24, 2.45) is 17.8 Å². The van der Waals surface area contributed by atoms with Crippen LogP contribution in [-0.4, -0.2) is 13.2 Å². The van der Waals surface area contributed by atoms with Crippen LogP contribution in [-0.2, 0) is 4.74 Å². The number of rotatable bonds is 7. The lowest BCUT2D eigenvalue weighted by Gasteiger charge is -2.31. The summed E-state index contributed by atoms with van der Waals surface area (Å²) >= 11 is 0. The fourth-order valence-corrected chi connectivity index (χ4v) is 6.66. The third-order valence-corrected chi connectivity index (χ3v) is 9.05. The van der Waals surface area contributed by atoms with E-state index in [-0.39, 0.29) is 29.7 Å². The number of methoxy groups -OCH3 is 1. The molecule has 4 rings (SSSR count). The third-order valence-electron chi connectivity index (χ3n) is 9.05. The monoisotopic (exact) mass is 462 g/mol. The van der Waals surface area contributed by atoms with E-state index in [1.807, 2.05) is 12.1 Å². The second kappa shape index (κ2) is 11.4. The Kier molecular flexibility index (Phi) is 8.59. The molecule has 0 N–H and O–H groups in total. The summed E-state index contributed by atoms with van der Waals surface area (Å²) in [4.78, 5) is 0. The Morgan fingerprint density at radius 1 is 0.727 bits per heavy atom. The molecule has 1 aromatic carbocycles. The Balaban J connectivity index is 1.29. The van der Waals surface area contributed by atoms with Crippen molar-refractivity contribution in [2.45, 2.75) is 108 Å². The summed E-state index contributed by atoms with van der Waals surface area (Å²) in [5, 5.41) is 0. The van der Waals surface area contributed by atoms with Gasteiger partial charge < -0.3 is 4.74 Å². The number of allylic oxidation sites excluding steroid dienone is 1. The first kappa shape index (κ1) is 24.8. The molecule has 4 heteroatoms. The van der Waals surface area contributed by atoms with Crippen molar-refractivity contribution >= 4 is 0 Å². The predicted octanol–water partition coefficient (Wildman–Crippen LogP) is 8.98. The molecule has 2 saturated carbocycles. The van der Waals surface area contributed by atoms with Crippen molar-refractivity contribution < 1.29 is 17.9 Å². The van der Waals surface area contributed by atoms with E-state index >= 15 is 8.78 Å². The van der Waals surface area contributed by atoms with Crippen molar-refractivity contribution in [1.82, 2.24) is 0 Å². The molecule has 0 aromatic heterocycles. The maximum Gasteiger partial charge on any atom is 0.162 e. The highest BCUT2D eigenvalue weighted by molar-refractivity contribution is 5.32. The van der Waals surface area contributed by atoms with E-state index in [4.69, 9.17) is 4.74 Å². The zero-order valence-electron chi connectivity index (χ0n) is 20.4. The molecule has 3 aliphatic carbocycles. The summed E-state index contributed by atoms with van der Waals surface area (Å²) in [5.74, 6) is 0.406. The van der Waals surface area contributed by atoms with Gasteiger partial charge in [-0.2, -0.15) is 0 Å². The average Bonchev–Trinajstić information content (AvgIpc) is 2.85. The molecule has 3 aliphatic rings. The second-order valence-corrected chi connectivity index (χ2v) is 10.9. The Hall–Kier alpha value is -1.29. The van der Waals surface area contributed by atoms with Gasteiger partial charge in [0.05, 0.1) is 6.10 Å². The van der Waals surface area contributed by atoms with E-state index in [2.05, 4.69) is 6.92 Å². The van der Waals surface area contributed by atoms with Crippen LogP contribution >= 0.6 is 0 Å². The highest BCUT2D eigenvalue weighted by Gasteiger charge is 2.30. The molecular formula is C29H41F3O. The maximum absolute atomic E-state index is 15.1. The zero-order chi connectivity index (χ0) is 23.4. The zero-order valence-corrected chi connectivity index (χ0v) is 20.4. The molecule has 2 atom stereocenters. The van der Waals surface area contributed by atoms with Gasteiger partial charge in [-0.3, -0.25) is 0 Å². The molecule has 1 nitrogen and oxygen atoms in total. The summed E-state index contributed by atoms with van der Waals surface area (Å²) in [7, 11) is 1.63. The Bertz CT molecular complexity index is 803. The summed E-state index contributed by atoms with van der Waals surface area (Å²) in [6, 6.07) is 3.75. The minimum absolute atomic E-state index is 0.0115. The van der Waals surface area contributed by atoms with Crippen molar-refractivity contribution in [3.63, 3.8) is 0 Å². The number of benzene rings is 1. The minimum Gasteiger partial charge on any atom is -0.377 e. The molecule has 0 saturated heterocycles. The smallest absolute Gasteiger partial charge is 0.162 e. The van der Waals surface area contributed by atoms with Gasteiger partial charge in [0.15, 0.2) is 11.6 Å². The largest absolute Gasteiger partial charge is 0.377 e. The Labute approximate surface area is 198 Å². The molecule has 184 valence electrons. The van der Waals surface area contributed by atoms with Gasteiger partial charge in [-0.1, -0.05) is 25.5 Å². The third kappa shape index (κ3) is 5.86. The lowest BCUT2D eigenvalue weighted by molar-refractivity contribution is 0.113. The summed E-state index contributed by atoms with van der Waals surface area (Å²) in [6.07, 6.45) is 14.4. The predicted molar refractivity (Wildman–Crippen MR) is 128 cm³/mol. The van der Waals surface area contributed by atoms with Gasteiger partial charge in [0.2, 0.25) is 0 Å². The summed E-state index contributed by atoms with van der Waals surface area (Å²) < 4.78 is 49.7. The van der Waals surface area contributed by atoms with Crippen LogP contribution in [0.2, 0.25) is 0 Å². The molecule has 1 aromatic rings. The van der Waals surface area contributed by atoms with Gasteiger partial charge in [-0.05, 0) is 118 Å². The quantitative estimate of drug-likeness (QED) is 0.393. The van der Waals surface area contributed by atoms with Crippen LogP contribution in [0.3, 0.4) is 0 Å². The van der Waals surface area contributed by atoms with Crippen LogP contribution in [0.4, 0.5) is 13.2 Å². The number of halogens is 3. The molecule has 0 spiro atoms. The maximum atomic E-state index is 15.1. The van der Waals surface area contributed by atoms with Gasteiger partial charge in [-0.15, -0.1) is 0 Å². The van der Waals surface area contributed by atoms with Crippen molar-refractivity contribution in [2.75, 3.05) is 7.11 Å². The fraction of sp³-hybridized carbons (Fsp3) is 0.724. The van der Waals surface area contributed by atoms with Crippen molar-refractivity contribution in [3.8, 4) is 0 Å². The van der Waals surface area contributed by atoms with Crippen LogP contribution in [0.5, 0.6) is 0 Å². The molecule has 2 unspecified atom stereocenters. The van der Waals surface area contributed by atoms with Crippen LogP contribution in [0, 0.1) is 29.4 Å². The first-order valence-electron chi connectivity index (χ1n) is 13.4. The number of hydrogen-bond acceptors (Lipinski definition) is 1. The standard InChI is InChI=1S/C29H41F3O/c1-3-19-4-9-21(10-5-19)25-16-17-26(29(32)28(25)31)22-11-6-20(7-12-22)8-13-23-14-15-24(33-2)18-27(23)30/h16-24H,3-15H2,1-2H3. The van der Waals surface area contributed by atoms with E-state index in [9.17, 15) is 4.39 Å². The molecule has 0 radical (unpaired) electrons. The lowest BCUT2D eigenvalue weighted by Crippen LogP contribution is -2.20. The van der Waals surface area contributed by atoms with Crippen LogP contribution in [0.15, 0.2) is 24.0 Å². The Morgan fingerprint density at radius 2 is 1.27 bits per heavy atom. The first-order chi connectivity index (χ1) is 16.0. The van der Waals surface area contributed by atoms with Gasteiger partial charge in [-0.25, -0.2) is 13.2 Å². The molecule has 2 fully saturated rings. The molecule has 0 bridgehead atoms. The van der Waals surface area contributed by atoms with E-state index < -0.39 is 11.6 Å². The van der Waals surface area contributed by atoms with Gasteiger partial charge in [0, 0.05) is 13.0 Å². The minimum atomic E-state index is -0.601. The van der Waals surface area contributed by atoms with Gasteiger partial charge in [0.1, 0.15) is 5.83 Å². The highest BCUT2D eigenvalue weighted by Crippen LogP contribution is 2.43. The van der Waals surface area contributed by atoms with Crippen LogP contribution in [0.1, 0.15) is 113 Å². The lowest BCUT2D eigenvalue weighted by atomic mass is 9.74. The second-order valence-electron chi connectivity index (χ2n) is 10.9. The van der Waals surface area contributed by atoms with Gasteiger partial charge >= 0.3 is 0 Å². The number of ether oxygens (including phenoxy) is 1. The average molecular weight is 463 g/mol. The van der Waals surface area contributed by atoms with Crippen molar-refractivity contribution in [1.29, 1.82) is 0 Å². The topological polar surface area (TPSA) is 9.23 Å². The molecule has 0 heterocycles.